The molecule has 0 amide bonds. The molecule has 0 atom stereocenters. The molecule has 1 aliphatic carbocycles. The molecule has 7 nitrogen and oxygen atoms in total. The largest absolute Gasteiger partial charge is 0.370 e. The Morgan fingerprint density at radius 2 is 1.95 bits per heavy atom. The molecule has 120 valence electrons. The molecule has 0 bridgehead atoms. The molecular weight excluding hydrogens is 278 g/mol. The minimum Gasteiger partial charge on any atom is -0.370 e. The topological polar surface area (TPSA) is 73.9 Å². The standard InChI is InChI=1S/C15H25N7/c1-20(13-3-4-13)14(16)17-7-8-21-9-11-22(12-10-21)15-18-5-2-6-19-15/h2,5-6,13H,3-4,7-12H2,1H3,(H2,16,17). The second kappa shape index (κ2) is 6.91. The van der Waals surface area contributed by atoms with Crippen LogP contribution in [0.5, 0.6) is 0 Å². The van der Waals surface area contributed by atoms with Crippen molar-refractivity contribution in [2.45, 2.75) is 18.9 Å². The van der Waals surface area contributed by atoms with Gasteiger partial charge in [0.1, 0.15) is 0 Å². The van der Waals surface area contributed by atoms with Gasteiger partial charge in [-0.1, -0.05) is 0 Å². The molecule has 1 saturated carbocycles. The molecule has 1 aromatic rings. The minimum atomic E-state index is 0.623. The van der Waals surface area contributed by atoms with Crippen LogP contribution in [-0.4, -0.2) is 78.1 Å². The number of guanidine groups is 1. The van der Waals surface area contributed by atoms with Crippen molar-refractivity contribution < 1.29 is 0 Å². The third kappa shape index (κ3) is 3.85. The highest BCUT2D eigenvalue weighted by molar-refractivity contribution is 5.78. The molecule has 1 aliphatic heterocycles. The SMILES string of the molecule is CN(C(N)=NCCN1CCN(c2ncccn2)CC1)C1CC1. The fourth-order valence-electron chi connectivity index (χ4n) is 2.69. The quantitative estimate of drug-likeness (QED) is 0.610. The summed E-state index contributed by atoms with van der Waals surface area (Å²) in [5, 5.41) is 0. The van der Waals surface area contributed by atoms with Crippen LogP contribution in [0.25, 0.3) is 0 Å². The first-order valence-electron chi connectivity index (χ1n) is 8.01. The number of aliphatic imine (C=N–C) groups is 1. The van der Waals surface area contributed by atoms with Crippen LogP contribution in [0.1, 0.15) is 12.8 Å². The summed E-state index contributed by atoms with van der Waals surface area (Å²) >= 11 is 0. The molecule has 1 aromatic heterocycles. The Hall–Kier alpha value is -1.89. The zero-order chi connectivity index (χ0) is 15.4. The van der Waals surface area contributed by atoms with E-state index < -0.39 is 0 Å². The van der Waals surface area contributed by atoms with E-state index in [1.54, 1.807) is 12.4 Å². The van der Waals surface area contributed by atoms with Crippen molar-refractivity contribution in [1.82, 2.24) is 19.8 Å². The van der Waals surface area contributed by atoms with Gasteiger partial charge in [-0.15, -0.1) is 0 Å². The highest BCUT2D eigenvalue weighted by Crippen LogP contribution is 2.24. The van der Waals surface area contributed by atoms with Gasteiger partial charge in [0.25, 0.3) is 0 Å². The predicted molar refractivity (Wildman–Crippen MR) is 88.0 cm³/mol. The van der Waals surface area contributed by atoms with Gasteiger partial charge in [-0.3, -0.25) is 9.89 Å². The van der Waals surface area contributed by atoms with E-state index >= 15 is 0 Å². The lowest BCUT2D eigenvalue weighted by Crippen LogP contribution is -2.47. The fourth-order valence-corrected chi connectivity index (χ4v) is 2.69. The zero-order valence-electron chi connectivity index (χ0n) is 13.2. The number of piperazine rings is 1. The summed E-state index contributed by atoms with van der Waals surface area (Å²) in [6.07, 6.45) is 6.08. The average Bonchev–Trinajstić information content (AvgIpc) is 3.40. The first-order valence-corrected chi connectivity index (χ1v) is 8.01. The van der Waals surface area contributed by atoms with Crippen LogP contribution in [0, 0.1) is 0 Å². The highest BCUT2D eigenvalue weighted by atomic mass is 15.3. The third-order valence-electron chi connectivity index (χ3n) is 4.35. The summed E-state index contributed by atoms with van der Waals surface area (Å²) in [5.74, 6) is 1.51. The van der Waals surface area contributed by atoms with Crippen molar-refractivity contribution in [3.05, 3.63) is 18.5 Å². The summed E-state index contributed by atoms with van der Waals surface area (Å²) in [4.78, 5) is 19.9. The van der Waals surface area contributed by atoms with Gasteiger partial charge in [-0.25, -0.2) is 9.97 Å². The van der Waals surface area contributed by atoms with E-state index in [1.807, 2.05) is 13.1 Å². The lowest BCUT2D eigenvalue weighted by Gasteiger charge is -2.34. The van der Waals surface area contributed by atoms with Crippen LogP contribution < -0.4 is 10.6 Å². The number of aromatic nitrogens is 2. The Morgan fingerprint density at radius 3 is 2.59 bits per heavy atom. The minimum absolute atomic E-state index is 0.623. The number of hydrogen-bond donors (Lipinski definition) is 1. The lowest BCUT2D eigenvalue weighted by atomic mass is 10.3. The maximum absolute atomic E-state index is 6.00. The Kier molecular flexibility index (Phi) is 4.72. The monoisotopic (exact) mass is 303 g/mol. The van der Waals surface area contributed by atoms with Gasteiger partial charge in [0, 0.05) is 58.2 Å². The first kappa shape index (κ1) is 15.0. The van der Waals surface area contributed by atoms with E-state index in [0.29, 0.717) is 12.0 Å². The predicted octanol–water partition coefficient (Wildman–Crippen LogP) is 0.00750. The second-order valence-electron chi connectivity index (χ2n) is 5.96. The van der Waals surface area contributed by atoms with Gasteiger partial charge in [-0.05, 0) is 18.9 Å². The number of hydrogen-bond acceptors (Lipinski definition) is 5. The highest BCUT2D eigenvalue weighted by Gasteiger charge is 2.27. The van der Waals surface area contributed by atoms with E-state index in [0.717, 1.165) is 45.2 Å². The smallest absolute Gasteiger partial charge is 0.225 e. The molecule has 1 saturated heterocycles. The Bertz CT molecular complexity index is 492. The van der Waals surface area contributed by atoms with Crippen molar-refractivity contribution in [3.63, 3.8) is 0 Å². The zero-order valence-corrected chi connectivity index (χ0v) is 13.2. The van der Waals surface area contributed by atoms with Gasteiger partial charge in [0.15, 0.2) is 5.96 Å². The van der Waals surface area contributed by atoms with Gasteiger partial charge in [-0.2, -0.15) is 0 Å². The van der Waals surface area contributed by atoms with E-state index in [-0.39, 0.29) is 0 Å². The molecule has 2 N–H and O–H groups in total. The van der Waals surface area contributed by atoms with Gasteiger partial charge >= 0.3 is 0 Å². The number of rotatable bonds is 5. The van der Waals surface area contributed by atoms with Crippen molar-refractivity contribution in [2.75, 3.05) is 51.2 Å². The van der Waals surface area contributed by atoms with E-state index in [9.17, 15) is 0 Å². The van der Waals surface area contributed by atoms with E-state index in [4.69, 9.17) is 5.73 Å². The maximum atomic E-state index is 6.00. The first-order chi connectivity index (χ1) is 10.7. The van der Waals surface area contributed by atoms with Gasteiger partial charge < -0.3 is 15.5 Å². The molecule has 7 heteroatoms. The van der Waals surface area contributed by atoms with Crippen LogP contribution in [0.2, 0.25) is 0 Å². The Morgan fingerprint density at radius 1 is 1.27 bits per heavy atom. The number of nitrogens with two attached hydrogens (primary N) is 1. The van der Waals surface area contributed by atoms with Crippen LogP contribution >= 0.6 is 0 Å². The van der Waals surface area contributed by atoms with Crippen LogP contribution in [0.3, 0.4) is 0 Å². The molecule has 3 rings (SSSR count). The molecule has 22 heavy (non-hydrogen) atoms. The van der Waals surface area contributed by atoms with Crippen molar-refractivity contribution in [1.29, 1.82) is 0 Å². The summed E-state index contributed by atoms with van der Waals surface area (Å²) < 4.78 is 0. The number of nitrogens with zero attached hydrogens (tertiary/aromatic N) is 6. The molecule has 0 radical (unpaired) electrons. The molecule has 2 aliphatic rings. The summed E-state index contributed by atoms with van der Waals surface area (Å²) in [6, 6.07) is 2.47. The molecule has 0 aromatic carbocycles. The number of anilines is 1. The summed E-state index contributed by atoms with van der Waals surface area (Å²) in [6.45, 7) is 5.70. The molecule has 0 spiro atoms. The van der Waals surface area contributed by atoms with E-state index in [2.05, 4.69) is 29.7 Å². The second-order valence-corrected chi connectivity index (χ2v) is 5.96. The third-order valence-corrected chi connectivity index (χ3v) is 4.35. The molecule has 2 fully saturated rings. The summed E-state index contributed by atoms with van der Waals surface area (Å²) in [5.41, 5.74) is 6.00. The molecule has 2 heterocycles. The Labute approximate surface area is 131 Å². The molecule has 0 unspecified atom stereocenters. The lowest BCUT2D eigenvalue weighted by molar-refractivity contribution is 0.263. The maximum Gasteiger partial charge on any atom is 0.225 e. The van der Waals surface area contributed by atoms with Gasteiger partial charge in [0.2, 0.25) is 5.95 Å². The van der Waals surface area contributed by atoms with Gasteiger partial charge in [0.05, 0.1) is 6.54 Å². The summed E-state index contributed by atoms with van der Waals surface area (Å²) in [7, 11) is 2.04. The van der Waals surface area contributed by atoms with Crippen molar-refractivity contribution >= 4 is 11.9 Å². The molecular formula is C15H25N7. The normalized spacial score (nSPS) is 20.2. The average molecular weight is 303 g/mol. The fraction of sp³-hybridized carbons (Fsp3) is 0.667. The van der Waals surface area contributed by atoms with Crippen molar-refractivity contribution in [3.8, 4) is 0 Å². The van der Waals surface area contributed by atoms with Crippen LogP contribution in [0.4, 0.5) is 5.95 Å². The Balaban J connectivity index is 1.39. The van der Waals surface area contributed by atoms with E-state index in [1.165, 1.54) is 12.8 Å². The van der Waals surface area contributed by atoms with Crippen molar-refractivity contribution in [2.24, 2.45) is 10.7 Å². The van der Waals surface area contributed by atoms with Crippen LogP contribution in [0.15, 0.2) is 23.5 Å². The van der Waals surface area contributed by atoms with Crippen LogP contribution in [-0.2, 0) is 0 Å².